The Labute approximate surface area is 120 Å². The highest BCUT2D eigenvalue weighted by Gasteiger charge is 2.06. The van der Waals surface area contributed by atoms with E-state index in [2.05, 4.69) is 33.0 Å². The standard InChI is InChI=1S/C14H15BrN2S/c15-13-3-1-2-4-14(13)18-10-12(16)9-11-5-7-17-8-6-11/h1-8,12H,9-10,16H2. The van der Waals surface area contributed by atoms with Crippen molar-refractivity contribution < 1.29 is 0 Å². The number of nitrogens with zero attached hydrogens (tertiary/aromatic N) is 1. The highest BCUT2D eigenvalue weighted by molar-refractivity contribution is 9.10. The van der Waals surface area contributed by atoms with Gasteiger partial charge in [0.05, 0.1) is 0 Å². The van der Waals surface area contributed by atoms with E-state index in [0.717, 1.165) is 16.6 Å². The van der Waals surface area contributed by atoms with Gasteiger partial charge in [0.2, 0.25) is 0 Å². The molecule has 2 N–H and O–H groups in total. The van der Waals surface area contributed by atoms with Crippen molar-refractivity contribution in [3.8, 4) is 0 Å². The summed E-state index contributed by atoms with van der Waals surface area (Å²) >= 11 is 5.33. The van der Waals surface area contributed by atoms with Crippen LogP contribution in [0.15, 0.2) is 58.2 Å². The van der Waals surface area contributed by atoms with Gasteiger partial charge < -0.3 is 5.73 Å². The minimum Gasteiger partial charge on any atom is -0.327 e. The molecule has 0 saturated heterocycles. The van der Waals surface area contributed by atoms with Crippen LogP contribution in [0, 0.1) is 0 Å². The van der Waals surface area contributed by atoms with Gasteiger partial charge in [-0.25, -0.2) is 0 Å². The Morgan fingerprint density at radius 3 is 2.61 bits per heavy atom. The van der Waals surface area contributed by atoms with Crippen LogP contribution in [-0.4, -0.2) is 16.8 Å². The molecule has 2 rings (SSSR count). The van der Waals surface area contributed by atoms with Gasteiger partial charge >= 0.3 is 0 Å². The topological polar surface area (TPSA) is 38.9 Å². The molecule has 0 fully saturated rings. The highest BCUT2D eigenvalue weighted by Crippen LogP contribution is 2.27. The number of rotatable bonds is 5. The molecule has 0 amide bonds. The quantitative estimate of drug-likeness (QED) is 0.856. The summed E-state index contributed by atoms with van der Waals surface area (Å²) in [5, 5.41) is 0. The molecule has 1 aromatic carbocycles. The Kier molecular flexibility index (Phi) is 5.23. The van der Waals surface area contributed by atoms with Crippen molar-refractivity contribution in [2.75, 3.05) is 5.75 Å². The summed E-state index contributed by atoms with van der Waals surface area (Å²) in [5.74, 6) is 0.908. The predicted octanol–water partition coefficient (Wildman–Crippen LogP) is 3.51. The molecule has 0 bridgehead atoms. The summed E-state index contributed by atoms with van der Waals surface area (Å²) < 4.78 is 1.13. The lowest BCUT2D eigenvalue weighted by Gasteiger charge is -2.11. The largest absolute Gasteiger partial charge is 0.327 e. The fraction of sp³-hybridized carbons (Fsp3) is 0.214. The summed E-state index contributed by atoms with van der Waals surface area (Å²) in [6, 6.07) is 12.4. The van der Waals surface area contributed by atoms with Gasteiger partial charge in [0.15, 0.2) is 0 Å². The molecule has 4 heteroatoms. The first-order valence-electron chi connectivity index (χ1n) is 5.77. The lowest BCUT2D eigenvalue weighted by atomic mass is 10.1. The summed E-state index contributed by atoms with van der Waals surface area (Å²) in [4.78, 5) is 5.24. The maximum atomic E-state index is 6.15. The van der Waals surface area contributed by atoms with E-state index in [9.17, 15) is 0 Å². The molecule has 0 radical (unpaired) electrons. The maximum Gasteiger partial charge on any atom is 0.0311 e. The molecule has 0 aliphatic heterocycles. The van der Waals surface area contributed by atoms with Gasteiger partial charge in [-0.3, -0.25) is 4.98 Å². The zero-order chi connectivity index (χ0) is 12.8. The van der Waals surface area contributed by atoms with Crippen molar-refractivity contribution in [2.45, 2.75) is 17.4 Å². The summed E-state index contributed by atoms with van der Waals surface area (Å²) in [6.45, 7) is 0. The highest BCUT2D eigenvalue weighted by atomic mass is 79.9. The van der Waals surface area contributed by atoms with Gasteiger partial charge in [0.1, 0.15) is 0 Å². The van der Waals surface area contributed by atoms with Gasteiger partial charge in [-0.15, -0.1) is 11.8 Å². The van der Waals surface area contributed by atoms with Gasteiger partial charge in [-0.05, 0) is 52.2 Å². The maximum absolute atomic E-state index is 6.15. The van der Waals surface area contributed by atoms with E-state index < -0.39 is 0 Å². The Morgan fingerprint density at radius 1 is 1.17 bits per heavy atom. The number of benzene rings is 1. The average molecular weight is 323 g/mol. The summed E-state index contributed by atoms with van der Waals surface area (Å²) in [6.07, 6.45) is 4.51. The molecule has 0 saturated carbocycles. The van der Waals surface area contributed by atoms with Crippen molar-refractivity contribution in [1.29, 1.82) is 0 Å². The second kappa shape index (κ2) is 6.92. The van der Waals surface area contributed by atoms with Crippen molar-refractivity contribution >= 4 is 27.7 Å². The fourth-order valence-electron chi connectivity index (χ4n) is 1.64. The first-order valence-corrected chi connectivity index (χ1v) is 7.55. The second-order valence-corrected chi connectivity index (χ2v) is 5.98. The number of hydrogen-bond donors (Lipinski definition) is 1. The van der Waals surface area contributed by atoms with Gasteiger partial charge in [0, 0.05) is 33.6 Å². The summed E-state index contributed by atoms with van der Waals surface area (Å²) in [5.41, 5.74) is 7.39. The molecule has 1 aromatic heterocycles. The SMILES string of the molecule is NC(CSc1ccccc1Br)Cc1ccncc1. The van der Waals surface area contributed by atoms with E-state index in [-0.39, 0.29) is 6.04 Å². The third kappa shape index (κ3) is 4.12. The van der Waals surface area contributed by atoms with Crippen LogP contribution in [-0.2, 0) is 6.42 Å². The number of aromatic nitrogens is 1. The molecule has 0 aliphatic carbocycles. The minimum absolute atomic E-state index is 0.157. The number of halogens is 1. The number of nitrogens with two attached hydrogens (primary N) is 1. The molecule has 18 heavy (non-hydrogen) atoms. The third-order valence-corrected chi connectivity index (χ3v) is 4.75. The van der Waals surface area contributed by atoms with Gasteiger partial charge in [0.25, 0.3) is 0 Å². The molecule has 1 atom stereocenters. The van der Waals surface area contributed by atoms with E-state index >= 15 is 0 Å². The van der Waals surface area contributed by atoms with Crippen molar-refractivity contribution in [3.05, 3.63) is 58.8 Å². The Bertz CT molecular complexity index is 490. The van der Waals surface area contributed by atoms with Crippen LogP contribution in [0.1, 0.15) is 5.56 Å². The summed E-state index contributed by atoms with van der Waals surface area (Å²) in [7, 11) is 0. The first kappa shape index (κ1) is 13.6. The number of hydrogen-bond acceptors (Lipinski definition) is 3. The molecule has 1 heterocycles. The Hall–Kier alpha value is -0.840. The molecule has 2 nitrogen and oxygen atoms in total. The van der Waals surface area contributed by atoms with E-state index in [4.69, 9.17) is 5.73 Å². The van der Waals surface area contributed by atoms with Crippen molar-refractivity contribution in [1.82, 2.24) is 4.98 Å². The molecule has 94 valence electrons. The molecule has 0 aliphatic rings. The van der Waals surface area contributed by atoms with Crippen LogP contribution in [0.4, 0.5) is 0 Å². The van der Waals surface area contributed by atoms with Gasteiger partial charge in [-0.2, -0.15) is 0 Å². The Balaban J connectivity index is 1.86. The second-order valence-electron chi connectivity index (χ2n) is 4.06. The molecule has 1 unspecified atom stereocenters. The van der Waals surface area contributed by atoms with Crippen molar-refractivity contribution in [2.24, 2.45) is 5.73 Å². The predicted molar refractivity (Wildman–Crippen MR) is 80.8 cm³/mol. The smallest absolute Gasteiger partial charge is 0.0311 e. The molecular weight excluding hydrogens is 308 g/mol. The van der Waals surface area contributed by atoms with Crippen LogP contribution in [0.5, 0.6) is 0 Å². The van der Waals surface area contributed by atoms with Gasteiger partial charge in [-0.1, -0.05) is 12.1 Å². The van der Waals surface area contributed by atoms with Crippen LogP contribution in [0.2, 0.25) is 0 Å². The van der Waals surface area contributed by atoms with E-state index in [1.165, 1.54) is 10.5 Å². The zero-order valence-corrected chi connectivity index (χ0v) is 12.3. The fourth-order valence-corrected chi connectivity index (χ4v) is 3.16. The minimum atomic E-state index is 0.157. The lowest BCUT2D eigenvalue weighted by Crippen LogP contribution is -2.25. The van der Waals surface area contributed by atoms with Crippen LogP contribution in [0.3, 0.4) is 0 Å². The van der Waals surface area contributed by atoms with Crippen molar-refractivity contribution in [3.63, 3.8) is 0 Å². The monoisotopic (exact) mass is 322 g/mol. The lowest BCUT2D eigenvalue weighted by molar-refractivity contribution is 0.747. The van der Waals surface area contributed by atoms with Crippen LogP contribution in [0.25, 0.3) is 0 Å². The normalized spacial score (nSPS) is 12.3. The Morgan fingerprint density at radius 2 is 1.89 bits per heavy atom. The number of pyridine rings is 1. The third-order valence-electron chi connectivity index (χ3n) is 2.54. The van der Waals surface area contributed by atoms with Crippen LogP contribution >= 0.6 is 27.7 Å². The zero-order valence-electron chi connectivity index (χ0n) is 9.92. The first-order chi connectivity index (χ1) is 8.75. The molecule has 0 spiro atoms. The van der Waals surface area contributed by atoms with Crippen LogP contribution < -0.4 is 5.73 Å². The van der Waals surface area contributed by atoms with E-state index in [1.54, 1.807) is 11.8 Å². The van der Waals surface area contributed by atoms with E-state index in [0.29, 0.717) is 0 Å². The molecular formula is C14H15BrN2S. The molecule has 2 aromatic rings. The number of thioether (sulfide) groups is 1. The average Bonchev–Trinajstić information content (AvgIpc) is 2.39. The van der Waals surface area contributed by atoms with E-state index in [1.807, 2.05) is 36.7 Å².